The van der Waals surface area contributed by atoms with Gasteiger partial charge in [0, 0.05) is 31.5 Å². The second-order valence-corrected chi connectivity index (χ2v) is 5.02. The van der Waals surface area contributed by atoms with Crippen LogP contribution in [0.4, 0.5) is 5.69 Å². The standard InChI is InChI=1S/C15H22N2O4/c1-19-7-6-17(10-4-5-10)15(18)11-8-13(20-2)14(21-3)9-12(11)16/h8-10H,4-7,16H2,1-3H3. The number of nitrogen functional groups attached to an aromatic ring is 1. The molecule has 1 aliphatic carbocycles. The Morgan fingerprint density at radius 2 is 1.86 bits per heavy atom. The molecule has 21 heavy (non-hydrogen) atoms. The average Bonchev–Trinajstić information content (AvgIpc) is 3.31. The van der Waals surface area contributed by atoms with E-state index >= 15 is 0 Å². The van der Waals surface area contributed by atoms with Crippen LogP contribution in [-0.2, 0) is 4.74 Å². The molecule has 1 fully saturated rings. The lowest BCUT2D eigenvalue weighted by Gasteiger charge is -2.23. The first-order valence-electron chi connectivity index (χ1n) is 6.93. The van der Waals surface area contributed by atoms with Crippen LogP contribution in [0.5, 0.6) is 11.5 Å². The van der Waals surface area contributed by atoms with Crippen LogP contribution in [0.2, 0.25) is 0 Å². The van der Waals surface area contributed by atoms with Gasteiger partial charge in [-0.2, -0.15) is 0 Å². The maximum atomic E-state index is 12.7. The number of nitrogens with zero attached hydrogens (tertiary/aromatic N) is 1. The lowest BCUT2D eigenvalue weighted by Crippen LogP contribution is -2.36. The third kappa shape index (κ3) is 3.39. The first-order valence-corrected chi connectivity index (χ1v) is 6.93. The molecule has 6 heteroatoms. The summed E-state index contributed by atoms with van der Waals surface area (Å²) in [5, 5.41) is 0. The smallest absolute Gasteiger partial charge is 0.256 e. The van der Waals surface area contributed by atoms with E-state index in [-0.39, 0.29) is 5.91 Å². The Hall–Kier alpha value is -1.95. The number of carbonyl (C=O) groups is 1. The highest BCUT2D eigenvalue weighted by Gasteiger charge is 2.33. The van der Waals surface area contributed by atoms with Crippen LogP contribution in [0.3, 0.4) is 0 Å². The van der Waals surface area contributed by atoms with Crippen molar-refractivity contribution in [3.8, 4) is 11.5 Å². The van der Waals surface area contributed by atoms with Gasteiger partial charge in [-0.15, -0.1) is 0 Å². The van der Waals surface area contributed by atoms with Crippen molar-refractivity contribution in [1.82, 2.24) is 4.90 Å². The number of amides is 1. The Morgan fingerprint density at radius 3 is 2.38 bits per heavy atom. The maximum absolute atomic E-state index is 12.7. The van der Waals surface area contributed by atoms with Gasteiger partial charge in [-0.25, -0.2) is 0 Å². The maximum Gasteiger partial charge on any atom is 0.256 e. The molecule has 0 bridgehead atoms. The topological polar surface area (TPSA) is 74.0 Å². The summed E-state index contributed by atoms with van der Waals surface area (Å²) in [5.74, 6) is 0.923. The first-order chi connectivity index (χ1) is 10.1. The number of hydrogen-bond acceptors (Lipinski definition) is 5. The Morgan fingerprint density at radius 1 is 1.24 bits per heavy atom. The summed E-state index contributed by atoms with van der Waals surface area (Å²) in [5.41, 5.74) is 6.82. The highest BCUT2D eigenvalue weighted by Crippen LogP contribution is 2.34. The summed E-state index contributed by atoms with van der Waals surface area (Å²) in [6.07, 6.45) is 2.06. The van der Waals surface area contributed by atoms with Crippen molar-refractivity contribution in [2.45, 2.75) is 18.9 Å². The van der Waals surface area contributed by atoms with Crippen LogP contribution >= 0.6 is 0 Å². The molecule has 1 amide bonds. The molecule has 0 radical (unpaired) electrons. The molecule has 0 unspecified atom stereocenters. The minimum Gasteiger partial charge on any atom is -0.493 e. The van der Waals surface area contributed by atoms with Crippen LogP contribution in [0.25, 0.3) is 0 Å². The summed E-state index contributed by atoms with van der Waals surface area (Å²) >= 11 is 0. The number of methoxy groups -OCH3 is 3. The summed E-state index contributed by atoms with van der Waals surface area (Å²) in [7, 11) is 4.69. The van der Waals surface area contributed by atoms with Gasteiger partial charge in [0.05, 0.1) is 26.4 Å². The average molecular weight is 294 g/mol. The minimum absolute atomic E-state index is 0.0898. The Balaban J connectivity index is 2.28. The van der Waals surface area contributed by atoms with E-state index in [9.17, 15) is 4.79 Å². The second-order valence-electron chi connectivity index (χ2n) is 5.02. The second kappa shape index (κ2) is 6.67. The summed E-state index contributed by atoms with van der Waals surface area (Å²) in [6, 6.07) is 3.55. The molecule has 0 aromatic heterocycles. The van der Waals surface area contributed by atoms with E-state index in [1.807, 2.05) is 4.90 Å². The predicted molar refractivity (Wildman–Crippen MR) is 79.9 cm³/mol. The molecule has 0 aliphatic heterocycles. The van der Waals surface area contributed by atoms with Gasteiger partial charge in [-0.3, -0.25) is 4.79 Å². The molecule has 2 rings (SSSR count). The SMILES string of the molecule is COCCN(C(=O)c1cc(OC)c(OC)cc1N)C1CC1. The van der Waals surface area contributed by atoms with Gasteiger partial charge in [0.1, 0.15) is 0 Å². The fourth-order valence-electron chi connectivity index (χ4n) is 2.26. The van der Waals surface area contributed by atoms with E-state index in [0.29, 0.717) is 41.9 Å². The number of benzene rings is 1. The molecule has 1 aromatic rings. The largest absolute Gasteiger partial charge is 0.493 e. The van der Waals surface area contributed by atoms with Crippen molar-refractivity contribution >= 4 is 11.6 Å². The van der Waals surface area contributed by atoms with Crippen molar-refractivity contribution < 1.29 is 19.0 Å². The van der Waals surface area contributed by atoms with Crippen LogP contribution in [0.1, 0.15) is 23.2 Å². The van der Waals surface area contributed by atoms with Crippen LogP contribution in [-0.4, -0.2) is 51.3 Å². The summed E-state index contributed by atoms with van der Waals surface area (Å²) < 4.78 is 15.5. The molecular formula is C15H22N2O4. The molecule has 0 spiro atoms. The van der Waals surface area contributed by atoms with Gasteiger partial charge in [0.15, 0.2) is 11.5 Å². The van der Waals surface area contributed by atoms with Crippen LogP contribution in [0.15, 0.2) is 12.1 Å². The number of anilines is 1. The normalized spacial score (nSPS) is 13.9. The third-order valence-electron chi connectivity index (χ3n) is 3.57. The zero-order valence-electron chi connectivity index (χ0n) is 12.7. The zero-order chi connectivity index (χ0) is 15.4. The molecule has 2 N–H and O–H groups in total. The lowest BCUT2D eigenvalue weighted by atomic mass is 10.1. The van der Waals surface area contributed by atoms with E-state index in [0.717, 1.165) is 12.8 Å². The molecule has 1 aliphatic rings. The first kappa shape index (κ1) is 15.4. The number of nitrogens with two attached hydrogens (primary N) is 1. The number of ether oxygens (including phenoxy) is 3. The summed E-state index contributed by atoms with van der Waals surface area (Å²) in [6.45, 7) is 1.07. The van der Waals surface area contributed by atoms with E-state index in [1.165, 1.54) is 14.2 Å². The monoisotopic (exact) mass is 294 g/mol. The van der Waals surface area contributed by atoms with Crippen LogP contribution in [0, 0.1) is 0 Å². The summed E-state index contributed by atoms with van der Waals surface area (Å²) in [4.78, 5) is 14.5. The molecule has 0 heterocycles. The van der Waals surface area contributed by atoms with Crippen molar-refractivity contribution in [2.24, 2.45) is 0 Å². The zero-order valence-corrected chi connectivity index (χ0v) is 12.7. The molecular weight excluding hydrogens is 272 g/mol. The lowest BCUT2D eigenvalue weighted by molar-refractivity contribution is 0.0681. The fourth-order valence-corrected chi connectivity index (χ4v) is 2.26. The predicted octanol–water partition coefficient (Wildman–Crippen LogP) is 1.54. The molecule has 1 aromatic carbocycles. The number of hydrogen-bond donors (Lipinski definition) is 1. The molecule has 6 nitrogen and oxygen atoms in total. The Kier molecular flexibility index (Phi) is 4.90. The van der Waals surface area contributed by atoms with E-state index < -0.39 is 0 Å². The van der Waals surface area contributed by atoms with Crippen LogP contribution < -0.4 is 15.2 Å². The number of rotatable bonds is 7. The number of carbonyl (C=O) groups excluding carboxylic acids is 1. The molecule has 0 atom stereocenters. The minimum atomic E-state index is -0.0898. The van der Waals surface area contributed by atoms with E-state index in [4.69, 9.17) is 19.9 Å². The van der Waals surface area contributed by atoms with Gasteiger partial charge in [0.2, 0.25) is 0 Å². The van der Waals surface area contributed by atoms with Crippen molar-refractivity contribution in [3.05, 3.63) is 17.7 Å². The molecule has 116 valence electrons. The van der Waals surface area contributed by atoms with Crippen molar-refractivity contribution in [3.63, 3.8) is 0 Å². The Labute approximate surface area is 124 Å². The highest BCUT2D eigenvalue weighted by atomic mass is 16.5. The Bertz CT molecular complexity index is 515. The van der Waals surface area contributed by atoms with E-state index in [2.05, 4.69) is 0 Å². The van der Waals surface area contributed by atoms with Gasteiger partial charge < -0.3 is 24.8 Å². The quantitative estimate of drug-likeness (QED) is 0.772. The van der Waals surface area contributed by atoms with Gasteiger partial charge in [-0.1, -0.05) is 0 Å². The van der Waals surface area contributed by atoms with Gasteiger partial charge in [-0.05, 0) is 18.9 Å². The molecule has 0 saturated heterocycles. The van der Waals surface area contributed by atoms with Gasteiger partial charge in [0.25, 0.3) is 5.91 Å². The van der Waals surface area contributed by atoms with E-state index in [1.54, 1.807) is 19.2 Å². The van der Waals surface area contributed by atoms with Crippen molar-refractivity contribution in [1.29, 1.82) is 0 Å². The molecule has 1 saturated carbocycles. The van der Waals surface area contributed by atoms with Crippen molar-refractivity contribution in [2.75, 3.05) is 40.2 Å². The third-order valence-corrected chi connectivity index (χ3v) is 3.57. The fraction of sp³-hybridized carbons (Fsp3) is 0.533. The van der Waals surface area contributed by atoms with Gasteiger partial charge >= 0.3 is 0 Å². The highest BCUT2D eigenvalue weighted by molar-refractivity contribution is 6.00.